The van der Waals surface area contributed by atoms with Crippen molar-refractivity contribution in [3.8, 4) is 5.75 Å². The molecule has 1 saturated heterocycles. The maximum atomic E-state index is 12.5. The molecule has 134 valence electrons. The number of ether oxygens (including phenoxy) is 3. The van der Waals surface area contributed by atoms with Gasteiger partial charge < -0.3 is 19.5 Å². The summed E-state index contributed by atoms with van der Waals surface area (Å²) in [6, 6.07) is 7.49. The van der Waals surface area contributed by atoms with Crippen molar-refractivity contribution in [1.29, 1.82) is 0 Å². The molecule has 2 heterocycles. The average Bonchev–Trinajstić information content (AvgIpc) is 3.15. The molecule has 1 fully saturated rings. The van der Waals surface area contributed by atoms with Crippen LogP contribution in [0.15, 0.2) is 35.2 Å². The van der Waals surface area contributed by atoms with Gasteiger partial charge in [-0.2, -0.15) is 0 Å². The van der Waals surface area contributed by atoms with Crippen molar-refractivity contribution in [2.75, 3.05) is 20.3 Å². The fourth-order valence-electron chi connectivity index (χ4n) is 2.82. The van der Waals surface area contributed by atoms with Gasteiger partial charge in [0, 0.05) is 17.6 Å². The van der Waals surface area contributed by atoms with E-state index in [2.05, 4.69) is 10.3 Å². The van der Waals surface area contributed by atoms with Gasteiger partial charge in [0.05, 0.1) is 44.0 Å². The Morgan fingerprint density at radius 3 is 3.12 bits per heavy atom. The van der Waals surface area contributed by atoms with Crippen molar-refractivity contribution in [2.24, 2.45) is 0 Å². The Bertz CT molecular complexity index is 677. The van der Waals surface area contributed by atoms with Crippen LogP contribution in [0.3, 0.4) is 0 Å². The van der Waals surface area contributed by atoms with E-state index in [0.29, 0.717) is 19.8 Å². The summed E-state index contributed by atoms with van der Waals surface area (Å²) in [5.74, 6) is 0.680. The van der Waals surface area contributed by atoms with Gasteiger partial charge in [-0.1, -0.05) is 18.2 Å². The maximum Gasteiger partial charge on any atom is 0.224 e. The lowest BCUT2D eigenvalue weighted by Gasteiger charge is -2.32. The van der Waals surface area contributed by atoms with Gasteiger partial charge in [-0.3, -0.25) is 4.79 Å². The summed E-state index contributed by atoms with van der Waals surface area (Å²) in [5, 5.41) is 5.04. The van der Waals surface area contributed by atoms with Gasteiger partial charge >= 0.3 is 0 Å². The third kappa shape index (κ3) is 5.01. The first-order valence-electron chi connectivity index (χ1n) is 8.24. The highest BCUT2D eigenvalue weighted by Gasteiger charge is 2.28. The Hall–Kier alpha value is -1.96. The van der Waals surface area contributed by atoms with Crippen LogP contribution >= 0.6 is 11.3 Å². The van der Waals surface area contributed by atoms with Crippen LogP contribution in [0.25, 0.3) is 0 Å². The van der Waals surface area contributed by atoms with Gasteiger partial charge in [0.25, 0.3) is 0 Å². The standard InChI is InChI=1S/C18H22N2O4S/c1-22-16-5-3-2-4-13(16)8-18(21)20-15-6-7-23-10-17(15)24-9-14-11-25-12-19-14/h2-5,11-12,15,17H,6-10H2,1H3,(H,20,21)/t15-,17-/m1/s1. The topological polar surface area (TPSA) is 69.7 Å². The summed E-state index contributed by atoms with van der Waals surface area (Å²) < 4.78 is 16.7. The van der Waals surface area contributed by atoms with Gasteiger partial charge in [-0.15, -0.1) is 11.3 Å². The largest absolute Gasteiger partial charge is 0.496 e. The molecule has 25 heavy (non-hydrogen) atoms. The van der Waals surface area contributed by atoms with Crippen molar-refractivity contribution in [1.82, 2.24) is 10.3 Å². The molecule has 1 amide bonds. The van der Waals surface area contributed by atoms with Crippen LogP contribution in [0.5, 0.6) is 5.75 Å². The van der Waals surface area contributed by atoms with E-state index < -0.39 is 0 Å². The first-order chi connectivity index (χ1) is 12.3. The Morgan fingerprint density at radius 2 is 2.32 bits per heavy atom. The average molecular weight is 362 g/mol. The quantitative estimate of drug-likeness (QED) is 0.818. The molecule has 1 N–H and O–H groups in total. The van der Waals surface area contributed by atoms with E-state index in [0.717, 1.165) is 23.4 Å². The number of carbonyl (C=O) groups is 1. The fraction of sp³-hybridized carbons (Fsp3) is 0.444. The van der Waals surface area contributed by atoms with Crippen LogP contribution in [0.1, 0.15) is 17.7 Å². The number of para-hydroxylation sites is 1. The van der Waals surface area contributed by atoms with Crippen LogP contribution in [0.4, 0.5) is 0 Å². The van der Waals surface area contributed by atoms with Crippen LogP contribution in [-0.4, -0.2) is 43.4 Å². The SMILES string of the molecule is COc1ccccc1CC(=O)N[C@@H]1CCOC[C@H]1OCc1cscn1. The summed E-state index contributed by atoms with van der Waals surface area (Å²) in [7, 11) is 1.61. The number of aromatic nitrogens is 1. The highest BCUT2D eigenvalue weighted by molar-refractivity contribution is 7.07. The van der Waals surface area contributed by atoms with Crippen molar-refractivity contribution in [3.05, 3.63) is 46.4 Å². The van der Waals surface area contributed by atoms with Gasteiger partial charge in [0.2, 0.25) is 5.91 Å². The maximum absolute atomic E-state index is 12.5. The van der Waals surface area contributed by atoms with E-state index in [-0.39, 0.29) is 24.5 Å². The van der Waals surface area contributed by atoms with Crippen molar-refractivity contribution < 1.29 is 19.0 Å². The number of nitrogens with one attached hydrogen (secondary N) is 1. The van der Waals surface area contributed by atoms with Gasteiger partial charge in [0.1, 0.15) is 11.9 Å². The number of nitrogens with zero attached hydrogens (tertiary/aromatic N) is 1. The highest BCUT2D eigenvalue weighted by atomic mass is 32.1. The molecule has 1 aliphatic rings. The minimum Gasteiger partial charge on any atom is -0.496 e. The van der Waals surface area contributed by atoms with Gasteiger partial charge in [-0.05, 0) is 12.5 Å². The van der Waals surface area contributed by atoms with Crippen LogP contribution in [0, 0.1) is 0 Å². The number of hydrogen-bond acceptors (Lipinski definition) is 6. The molecule has 0 spiro atoms. The second-order valence-corrected chi connectivity index (χ2v) is 6.57. The van der Waals surface area contributed by atoms with E-state index >= 15 is 0 Å². The predicted octanol–water partition coefficient (Wildman–Crippen LogP) is 2.18. The monoisotopic (exact) mass is 362 g/mol. The van der Waals surface area contributed by atoms with Crippen molar-refractivity contribution in [2.45, 2.75) is 31.6 Å². The summed E-state index contributed by atoms with van der Waals surface area (Å²) in [6.45, 7) is 1.52. The smallest absolute Gasteiger partial charge is 0.224 e. The van der Waals surface area contributed by atoms with Crippen molar-refractivity contribution in [3.63, 3.8) is 0 Å². The number of benzene rings is 1. The molecule has 3 rings (SSSR count). The number of hydrogen-bond donors (Lipinski definition) is 1. The molecule has 6 nitrogen and oxygen atoms in total. The van der Waals surface area contributed by atoms with E-state index in [1.54, 1.807) is 12.6 Å². The van der Waals surface area contributed by atoms with Gasteiger partial charge in [0.15, 0.2) is 0 Å². The Balaban J connectivity index is 1.56. The summed E-state index contributed by atoms with van der Waals surface area (Å²) in [6.07, 6.45) is 0.844. The minimum absolute atomic E-state index is 0.0429. The van der Waals surface area contributed by atoms with Crippen LogP contribution < -0.4 is 10.1 Å². The number of methoxy groups -OCH3 is 1. The first-order valence-corrected chi connectivity index (χ1v) is 9.18. The molecule has 1 aliphatic heterocycles. The van der Waals surface area contributed by atoms with E-state index in [4.69, 9.17) is 14.2 Å². The molecule has 0 saturated carbocycles. The molecule has 0 unspecified atom stereocenters. The second-order valence-electron chi connectivity index (χ2n) is 5.86. The lowest BCUT2D eigenvalue weighted by atomic mass is 10.0. The third-order valence-corrected chi connectivity index (χ3v) is 4.76. The number of carbonyl (C=O) groups excluding carboxylic acids is 1. The molecule has 1 aromatic heterocycles. The van der Waals surface area contributed by atoms with Crippen molar-refractivity contribution >= 4 is 17.2 Å². The fourth-order valence-corrected chi connectivity index (χ4v) is 3.37. The summed E-state index contributed by atoms with van der Waals surface area (Å²) in [5.41, 5.74) is 3.55. The lowest BCUT2D eigenvalue weighted by molar-refractivity contribution is -0.126. The third-order valence-electron chi connectivity index (χ3n) is 4.12. The Labute approximate surface area is 151 Å². The molecular formula is C18H22N2O4S. The zero-order valence-corrected chi connectivity index (χ0v) is 15.0. The van der Waals surface area contributed by atoms with Gasteiger partial charge in [-0.25, -0.2) is 4.98 Å². The lowest BCUT2D eigenvalue weighted by Crippen LogP contribution is -2.50. The summed E-state index contributed by atoms with van der Waals surface area (Å²) in [4.78, 5) is 16.7. The van der Waals surface area contributed by atoms with Crippen LogP contribution in [-0.2, 0) is 27.3 Å². The number of rotatable bonds is 7. The summed E-state index contributed by atoms with van der Waals surface area (Å²) >= 11 is 1.54. The Kier molecular flexibility index (Phi) is 6.38. The van der Waals surface area contributed by atoms with E-state index in [9.17, 15) is 4.79 Å². The molecule has 2 atom stereocenters. The van der Waals surface area contributed by atoms with Crippen LogP contribution in [0.2, 0.25) is 0 Å². The molecule has 0 radical (unpaired) electrons. The second kappa shape index (κ2) is 8.94. The normalized spacial score (nSPS) is 20.2. The molecular weight excluding hydrogens is 340 g/mol. The molecule has 0 bridgehead atoms. The minimum atomic E-state index is -0.169. The van der Waals surface area contributed by atoms with E-state index in [1.165, 1.54) is 11.3 Å². The molecule has 7 heteroatoms. The predicted molar refractivity (Wildman–Crippen MR) is 94.8 cm³/mol. The molecule has 0 aliphatic carbocycles. The zero-order chi connectivity index (χ0) is 17.5. The van der Waals surface area contributed by atoms with E-state index in [1.807, 2.05) is 29.6 Å². The Morgan fingerprint density at radius 1 is 1.44 bits per heavy atom. The molecule has 2 aromatic rings. The first kappa shape index (κ1) is 17.8. The molecule has 1 aromatic carbocycles. The zero-order valence-electron chi connectivity index (χ0n) is 14.1. The highest BCUT2D eigenvalue weighted by Crippen LogP contribution is 2.19. The number of amides is 1. The number of thiazole rings is 1.